The van der Waals surface area contributed by atoms with Crippen molar-refractivity contribution in [3.63, 3.8) is 0 Å². The van der Waals surface area contributed by atoms with Crippen LogP contribution >= 0.6 is 0 Å². The summed E-state index contributed by atoms with van der Waals surface area (Å²) in [4.78, 5) is 2.65. The molecule has 2 saturated heterocycles. The van der Waals surface area contributed by atoms with Gasteiger partial charge in [-0.25, -0.2) is 0 Å². The van der Waals surface area contributed by atoms with E-state index in [0.717, 1.165) is 6.61 Å². The van der Waals surface area contributed by atoms with Gasteiger partial charge in [-0.2, -0.15) is 0 Å². The third kappa shape index (κ3) is 3.94. The van der Waals surface area contributed by atoms with Gasteiger partial charge < -0.3 is 15.0 Å². The molecule has 0 unspecified atom stereocenters. The number of hydrogen-bond donors (Lipinski definition) is 1. The molecule has 0 atom stereocenters. The summed E-state index contributed by atoms with van der Waals surface area (Å²) in [5.41, 5.74) is 0.545. The topological polar surface area (TPSA) is 24.5 Å². The van der Waals surface area contributed by atoms with E-state index < -0.39 is 0 Å². The van der Waals surface area contributed by atoms with Gasteiger partial charge in [0.15, 0.2) is 0 Å². The lowest BCUT2D eigenvalue weighted by molar-refractivity contribution is 0.00241. The average Bonchev–Trinajstić information content (AvgIpc) is 2.33. The van der Waals surface area contributed by atoms with Crippen molar-refractivity contribution >= 4 is 0 Å². The van der Waals surface area contributed by atoms with Crippen LogP contribution < -0.4 is 5.32 Å². The van der Waals surface area contributed by atoms with Crippen LogP contribution in [0.5, 0.6) is 0 Å². The Morgan fingerprint density at radius 3 is 2.47 bits per heavy atom. The third-order valence-corrected chi connectivity index (χ3v) is 4.35. The first-order valence-electron chi connectivity index (χ1n) is 7.26. The Morgan fingerprint density at radius 1 is 1.24 bits per heavy atom. The number of likely N-dealkylation sites (tertiary alicyclic amines) is 1. The predicted octanol–water partition coefficient (Wildman–Crippen LogP) is 1.88. The van der Waals surface area contributed by atoms with Gasteiger partial charge in [-0.15, -0.1) is 0 Å². The molecule has 0 aromatic heterocycles. The smallest absolute Gasteiger partial charge is 0.0599 e. The van der Waals surface area contributed by atoms with Crippen molar-refractivity contribution in [2.24, 2.45) is 5.41 Å². The van der Waals surface area contributed by atoms with Crippen LogP contribution in [0.15, 0.2) is 0 Å². The van der Waals surface area contributed by atoms with Crippen LogP contribution in [0.25, 0.3) is 0 Å². The van der Waals surface area contributed by atoms with Crippen LogP contribution in [0, 0.1) is 5.41 Å². The maximum absolute atomic E-state index is 5.71. The highest BCUT2D eigenvalue weighted by Gasteiger charge is 2.30. The van der Waals surface area contributed by atoms with Crippen molar-refractivity contribution in [3.8, 4) is 0 Å². The molecule has 0 bridgehead atoms. The van der Waals surface area contributed by atoms with Gasteiger partial charge in [0.05, 0.1) is 6.10 Å². The fourth-order valence-electron chi connectivity index (χ4n) is 3.20. The van der Waals surface area contributed by atoms with Gasteiger partial charge in [0, 0.05) is 26.2 Å². The molecule has 3 heteroatoms. The summed E-state index contributed by atoms with van der Waals surface area (Å²) >= 11 is 0. The molecule has 0 spiro atoms. The lowest BCUT2D eigenvalue weighted by Gasteiger charge is -2.41. The van der Waals surface area contributed by atoms with Crippen molar-refractivity contribution in [1.29, 1.82) is 0 Å². The molecule has 0 saturated carbocycles. The molecule has 2 aliphatic heterocycles. The molecule has 2 rings (SSSR count). The van der Waals surface area contributed by atoms with E-state index in [1.54, 1.807) is 0 Å². The van der Waals surface area contributed by atoms with Gasteiger partial charge in [0.2, 0.25) is 0 Å². The van der Waals surface area contributed by atoms with Crippen LogP contribution in [0.4, 0.5) is 0 Å². The normalized spacial score (nSPS) is 27.2. The van der Waals surface area contributed by atoms with Crippen LogP contribution in [0.1, 0.15) is 39.5 Å². The van der Waals surface area contributed by atoms with Gasteiger partial charge in [0.25, 0.3) is 0 Å². The van der Waals surface area contributed by atoms with Crippen LogP contribution in [-0.4, -0.2) is 50.3 Å². The van der Waals surface area contributed by atoms with E-state index in [4.69, 9.17) is 4.74 Å². The largest absolute Gasteiger partial charge is 0.378 e. The summed E-state index contributed by atoms with van der Waals surface area (Å²) in [6, 6.07) is 0. The minimum absolute atomic E-state index is 0.525. The maximum atomic E-state index is 5.71. The van der Waals surface area contributed by atoms with Crippen LogP contribution in [0.3, 0.4) is 0 Å². The van der Waals surface area contributed by atoms with Crippen molar-refractivity contribution < 1.29 is 4.74 Å². The summed E-state index contributed by atoms with van der Waals surface area (Å²) in [6.07, 6.45) is 5.64. The highest BCUT2D eigenvalue weighted by atomic mass is 16.5. The molecule has 0 radical (unpaired) electrons. The Hall–Kier alpha value is -0.120. The second-order valence-electron chi connectivity index (χ2n) is 5.99. The van der Waals surface area contributed by atoms with Crippen molar-refractivity contribution in [2.45, 2.75) is 45.6 Å². The Kier molecular flexibility index (Phi) is 4.83. The zero-order valence-corrected chi connectivity index (χ0v) is 11.5. The lowest BCUT2D eigenvalue weighted by Crippen LogP contribution is -2.46. The SMILES string of the molecule is CCOC1CCN(CC2(C)CCNCC2)CC1. The number of ether oxygens (including phenoxy) is 1. The van der Waals surface area contributed by atoms with Gasteiger partial charge in [-0.05, 0) is 51.1 Å². The molecular weight excluding hydrogens is 212 g/mol. The van der Waals surface area contributed by atoms with Gasteiger partial charge >= 0.3 is 0 Å². The lowest BCUT2D eigenvalue weighted by atomic mass is 9.80. The molecule has 17 heavy (non-hydrogen) atoms. The molecule has 3 nitrogen and oxygen atoms in total. The summed E-state index contributed by atoms with van der Waals surface area (Å²) in [5, 5.41) is 3.46. The summed E-state index contributed by atoms with van der Waals surface area (Å²) < 4.78 is 5.71. The van der Waals surface area contributed by atoms with E-state index in [2.05, 4.69) is 24.1 Å². The maximum Gasteiger partial charge on any atom is 0.0599 e. The van der Waals surface area contributed by atoms with Gasteiger partial charge in [0.1, 0.15) is 0 Å². The van der Waals surface area contributed by atoms with E-state index in [1.807, 2.05) is 0 Å². The van der Waals surface area contributed by atoms with Gasteiger partial charge in [-0.1, -0.05) is 6.92 Å². The first kappa shape index (κ1) is 13.3. The Bertz CT molecular complexity index is 218. The molecule has 0 aliphatic carbocycles. The Balaban J connectivity index is 1.73. The molecule has 2 heterocycles. The molecular formula is C14H28N2O. The number of nitrogens with one attached hydrogen (secondary N) is 1. The molecule has 0 aromatic rings. The Labute approximate surface area is 106 Å². The fourth-order valence-corrected chi connectivity index (χ4v) is 3.20. The number of hydrogen-bond acceptors (Lipinski definition) is 3. The van der Waals surface area contributed by atoms with Crippen molar-refractivity contribution in [3.05, 3.63) is 0 Å². The fraction of sp³-hybridized carbons (Fsp3) is 1.00. The quantitative estimate of drug-likeness (QED) is 0.812. The van der Waals surface area contributed by atoms with Crippen molar-refractivity contribution in [1.82, 2.24) is 10.2 Å². The van der Waals surface area contributed by atoms with Crippen LogP contribution in [0.2, 0.25) is 0 Å². The standard InChI is InChI=1S/C14H28N2O/c1-3-17-13-4-10-16(11-5-13)12-14(2)6-8-15-9-7-14/h13,15H,3-12H2,1-2H3. The van der Waals surface area contributed by atoms with Gasteiger partial charge in [-0.3, -0.25) is 0 Å². The highest BCUT2D eigenvalue weighted by Crippen LogP contribution is 2.30. The molecule has 0 amide bonds. The molecule has 100 valence electrons. The second-order valence-corrected chi connectivity index (χ2v) is 5.99. The van der Waals surface area contributed by atoms with E-state index in [9.17, 15) is 0 Å². The Morgan fingerprint density at radius 2 is 1.88 bits per heavy atom. The number of piperidine rings is 2. The van der Waals surface area contributed by atoms with E-state index in [1.165, 1.54) is 58.4 Å². The van der Waals surface area contributed by atoms with Crippen LogP contribution in [-0.2, 0) is 4.74 Å². The minimum Gasteiger partial charge on any atom is -0.378 e. The first-order valence-corrected chi connectivity index (χ1v) is 7.26. The van der Waals surface area contributed by atoms with E-state index >= 15 is 0 Å². The minimum atomic E-state index is 0.525. The summed E-state index contributed by atoms with van der Waals surface area (Å²) in [7, 11) is 0. The summed E-state index contributed by atoms with van der Waals surface area (Å²) in [5.74, 6) is 0. The molecule has 2 aliphatic rings. The zero-order chi connectivity index (χ0) is 12.1. The highest BCUT2D eigenvalue weighted by molar-refractivity contribution is 4.85. The number of rotatable bonds is 4. The van der Waals surface area contributed by atoms with E-state index in [0.29, 0.717) is 11.5 Å². The average molecular weight is 240 g/mol. The van der Waals surface area contributed by atoms with Crippen molar-refractivity contribution in [2.75, 3.05) is 39.3 Å². The number of nitrogens with zero attached hydrogens (tertiary/aromatic N) is 1. The zero-order valence-electron chi connectivity index (χ0n) is 11.5. The molecule has 1 N–H and O–H groups in total. The van der Waals surface area contributed by atoms with E-state index in [-0.39, 0.29) is 0 Å². The molecule has 0 aromatic carbocycles. The first-order chi connectivity index (χ1) is 8.22. The monoisotopic (exact) mass is 240 g/mol. The second kappa shape index (κ2) is 6.17. The predicted molar refractivity (Wildman–Crippen MR) is 71.3 cm³/mol. The third-order valence-electron chi connectivity index (χ3n) is 4.35. The summed E-state index contributed by atoms with van der Waals surface area (Å²) in [6.45, 7) is 11.6. The molecule has 2 fully saturated rings.